The third-order valence-electron chi connectivity index (χ3n) is 5.03. The minimum atomic E-state index is 0.573. The molecule has 0 unspecified atom stereocenters. The first kappa shape index (κ1) is 20.0. The molecule has 2 aromatic carbocycles. The fourth-order valence-corrected chi connectivity index (χ4v) is 3.35. The van der Waals surface area contributed by atoms with E-state index in [9.17, 15) is 0 Å². The molecular weight excluding hydrogens is 378 g/mol. The predicted octanol–water partition coefficient (Wildman–Crippen LogP) is 3.72. The van der Waals surface area contributed by atoms with Gasteiger partial charge in [-0.3, -0.25) is 0 Å². The first-order valence-corrected chi connectivity index (χ1v) is 10.2. The van der Waals surface area contributed by atoms with E-state index in [4.69, 9.17) is 9.47 Å². The molecule has 7 nitrogen and oxygen atoms in total. The number of aromatic nitrogens is 2. The van der Waals surface area contributed by atoms with Crippen molar-refractivity contribution in [3.05, 3.63) is 66.4 Å². The van der Waals surface area contributed by atoms with Crippen LogP contribution in [0, 0.1) is 0 Å². The number of morpholine rings is 1. The summed E-state index contributed by atoms with van der Waals surface area (Å²) >= 11 is 0. The number of rotatable bonds is 8. The Balaban J connectivity index is 1.30. The monoisotopic (exact) mass is 405 g/mol. The molecule has 1 saturated heterocycles. The highest BCUT2D eigenvalue weighted by molar-refractivity contribution is 5.60. The van der Waals surface area contributed by atoms with Gasteiger partial charge in [-0.25, -0.2) is 4.98 Å². The smallest absolute Gasteiger partial charge is 0.229 e. The number of nitrogens with one attached hydrogen (secondary N) is 2. The van der Waals surface area contributed by atoms with Gasteiger partial charge in [-0.05, 0) is 54.4 Å². The number of nitrogens with zero attached hydrogens (tertiary/aromatic N) is 3. The lowest BCUT2D eigenvalue weighted by molar-refractivity contribution is 0.122. The number of methoxy groups -OCH3 is 1. The number of ether oxygens (including phenoxy) is 2. The zero-order valence-corrected chi connectivity index (χ0v) is 17.2. The fraction of sp³-hybridized carbons (Fsp3) is 0.304. The van der Waals surface area contributed by atoms with Gasteiger partial charge < -0.3 is 25.0 Å². The van der Waals surface area contributed by atoms with Crippen LogP contribution in [0.1, 0.15) is 5.56 Å². The van der Waals surface area contributed by atoms with Crippen molar-refractivity contribution in [2.75, 3.05) is 55.5 Å². The van der Waals surface area contributed by atoms with Gasteiger partial charge in [0.05, 0.1) is 20.3 Å². The van der Waals surface area contributed by atoms with Crippen molar-refractivity contribution in [2.24, 2.45) is 0 Å². The largest absolute Gasteiger partial charge is 0.497 e. The van der Waals surface area contributed by atoms with Gasteiger partial charge in [0.2, 0.25) is 5.95 Å². The molecule has 0 aliphatic carbocycles. The highest BCUT2D eigenvalue weighted by Gasteiger charge is 2.11. The quantitative estimate of drug-likeness (QED) is 0.592. The van der Waals surface area contributed by atoms with Gasteiger partial charge in [-0.1, -0.05) is 12.1 Å². The fourth-order valence-electron chi connectivity index (χ4n) is 3.35. The van der Waals surface area contributed by atoms with E-state index in [0.717, 1.165) is 56.5 Å². The molecule has 3 aromatic rings. The van der Waals surface area contributed by atoms with Gasteiger partial charge in [0.1, 0.15) is 11.6 Å². The van der Waals surface area contributed by atoms with Crippen LogP contribution in [0.2, 0.25) is 0 Å². The summed E-state index contributed by atoms with van der Waals surface area (Å²) in [6.45, 7) is 4.22. The molecule has 156 valence electrons. The van der Waals surface area contributed by atoms with Gasteiger partial charge >= 0.3 is 0 Å². The van der Waals surface area contributed by atoms with Crippen LogP contribution >= 0.6 is 0 Å². The van der Waals surface area contributed by atoms with Gasteiger partial charge in [0.15, 0.2) is 0 Å². The summed E-state index contributed by atoms with van der Waals surface area (Å²) in [6, 6.07) is 18.3. The van der Waals surface area contributed by atoms with Crippen LogP contribution in [-0.4, -0.2) is 49.9 Å². The molecule has 2 heterocycles. The maximum Gasteiger partial charge on any atom is 0.229 e. The van der Waals surface area contributed by atoms with Crippen LogP contribution in [0.4, 0.5) is 23.1 Å². The second-order valence-electron chi connectivity index (χ2n) is 7.06. The molecule has 1 aliphatic rings. The Morgan fingerprint density at radius 3 is 2.50 bits per heavy atom. The van der Waals surface area contributed by atoms with E-state index >= 15 is 0 Å². The van der Waals surface area contributed by atoms with Gasteiger partial charge in [-0.2, -0.15) is 4.98 Å². The van der Waals surface area contributed by atoms with E-state index in [-0.39, 0.29) is 0 Å². The van der Waals surface area contributed by atoms with Crippen LogP contribution in [0.5, 0.6) is 5.75 Å². The molecule has 0 spiro atoms. The van der Waals surface area contributed by atoms with E-state index in [0.29, 0.717) is 5.95 Å². The van der Waals surface area contributed by atoms with E-state index < -0.39 is 0 Å². The Kier molecular flexibility index (Phi) is 6.61. The predicted molar refractivity (Wildman–Crippen MR) is 120 cm³/mol. The molecule has 0 bridgehead atoms. The zero-order chi connectivity index (χ0) is 20.6. The Bertz CT molecular complexity index is 925. The van der Waals surface area contributed by atoms with Crippen LogP contribution in [0.25, 0.3) is 0 Å². The molecule has 30 heavy (non-hydrogen) atoms. The topological polar surface area (TPSA) is 71.5 Å². The molecule has 0 radical (unpaired) electrons. The molecule has 0 atom stereocenters. The summed E-state index contributed by atoms with van der Waals surface area (Å²) in [6.07, 6.45) is 2.66. The molecule has 0 amide bonds. The van der Waals surface area contributed by atoms with Crippen molar-refractivity contribution in [1.82, 2.24) is 9.97 Å². The SMILES string of the molecule is COc1ccc(CCNc2ccnc(Nc3ccc(N4CCOCC4)cc3)n2)cc1. The molecule has 1 aliphatic heterocycles. The standard InChI is InChI=1S/C23H27N5O2/c1-29-21-8-2-18(3-9-21)10-12-24-22-11-13-25-23(27-22)26-19-4-6-20(7-5-19)28-14-16-30-17-15-28/h2-9,11,13H,10,12,14-17H2,1H3,(H2,24,25,26,27). The van der Waals surface area contributed by atoms with Gasteiger partial charge in [0.25, 0.3) is 0 Å². The van der Waals surface area contributed by atoms with E-state index in [2.05, 4.69) is 61.9 Å². The minimum absolute atomic E-state index is 0.573. The molecular formula is C23H27N5O2. The Hall–Kier alpha value is -3.32. The Morgan fingerprint density at radius 2 is 1.77 bits per heavy atom. The lowest BCUT2D eigenvalue weighted by Gasteiger charge is -2.28. The second kappa shape index (κ2) is 9.93. The number of hydrogen-bond acceptors (Lipinski definition) is 7. The molecule has 0 saturated carbocycles. The zero-order valence-electron chi connectivity index (χ0n) is 17.2. The summed E-state index contributed by atoms with van der Waals surface area (Å²) in [5.74, 6) is 2.24. The Morgan fingerprint density at radius 1 is 1.00 bits per heavy atom. The summed E-state index contributed by atoms with van der Waals surface area (Å²) in [7, 11) is 1.68. The van der Waals surface area contributed by atoms with Gasteiger partial charge in [-0.15, -0.1) is 0 Å². The molecule has 4 rings (SSSR count). The number of benzene rings is 2. The van der Waals surface area contributed by atoms with Crippen LogP contribution in [0.15, 0.2) is 60.8 Å². The third kappa shape index (κ3) is 5.39. The Labute approximate surface area is 177 Å². The summed E-state index contributed by atoms with van der Waals surface area (Å²) in [5, 5.41) is 6.64. The van der Waals surface area contributed by atoms with Crippen LogP contribution in [0.3, 0.4) is 0 Å². The average Bonchev–Trinajstić information content (AvgIpc) is 2.81. The maximum atomic E-state index is 5.42. The number of hydrogen-bond donors (Lipinski definition) is 2. The van der Waals surface area contributed by atoms with Crippen molar-refractivity contribution >= 4 is 23.1 Å². The van der Waals surface area contributed by atoms with Crippen molar-refractivity contribution in [3.63, 3.8) is 0 Å². The average molecular weight is 406 g/mol. The highest BCUT2D eigenvalue weighted by atomic mass is 16.5. The highest BCUT2D eigenvalue weighted by Crippen LogP contribution is 2.21. The molecule has 1 fully saturated rings. The van der Waals surface area contributed by atoms with Crippen LogP contribution < -0.4 is 20.3 Å². The lowest BCUT2D eigenvalue weighted by Crippen LogP contribution is -2.36. The van der Waals surface area contributed by atoms with Crippen LogP contribution in [-0.2, 0) is 11.2 Å². The molecule has 2 N–H and O–H groups in total. The van der Waals surface area contributed by atoms with E-state index in [1.165, 1.54) is 11.3 Å². The van der Waals surface area contributed by atoms with E-state index in [1.54, 1.807) is 13.3 Å². The molecule has 1 aromatic heterocycles. The van der Waals surface area contributed by atoms with Crippen molar-refractivity contribution in [2.45, 2.75) is 6.42 Å². The first-order valence-electron chi connectivity index (χ1n) is 10.2. The first-order chi connectivity index (χ1) is 14.8. The third-order valence-corrected chi connectivity index (χ3v) is 5.03. The minimum Gasteiger partial charge on any atom is -0.497 e. The van der Waals surface area contributed by atoms with E-state index in [1.807, 2.05) is 18.2 Å². The number of anilines is 4. The summed E-state index contributed by atoms with van der Waals surface area (Å²) < 4.78 is 10.6. The maximum absolute atomic E-state index is 5.42. The second-order valence-corrected chi connectivity index (χ2v) is 7.06. The summed E-state index contributed by atoms with van der Waals surface area (Å²) in [4.78, 5) is 11.2. The summed E-state index contributed by atoms with van der Waals surface area (Å²) in [5.41, 5.74) is 3.41. The van der Waals surface area contributed by atoms with Crippen molar-refractivity contribution in [1.29, 1.82) is 0 Å². The molecule has 7 heteroatoms. The van der Waals surface area contributed by atoms with Crippen molar-refractivity contribution < 1.29 is 9.47 Å². The normalized spacial score (nSPS) is 13.7. The lowest BCUT2D eigenvalue weighted by atomic mass is 10.1. The van der Waals surface area contributed by atoms with Crippen molar-refractivity contribution in [3.8, 4) is 5.75 Å². The van der Waals surface area contributed by atoms with Gasteiger partial charge in [0, 0.05) is 37.2 Å².